The number of nitro benzene ring substituents is 1. The van der Waals surface area contributed by atoms with Gasteiger partial charge in [0.1, 0.15) is 13.2 Å². The second-order valence-electron chi connectivity index (χ2n) is 6.19. The molecule has 1 aliphatic rings. The second-order valence-corrected chi connectivity index (χ2v) is 7.80. The van der Waals surface area contributed by atoms with Crippen molar-refractivity contribution in [3.8, 4) is 11.5 Å². The van der Waals surface area contributed by atoms with Gasteiger partial charge in [0.05, 0.1) is 15.4 Å². The van der Waals surface area contributed by atoms with Crippen LogP contribution < -0.4 is 9.47 Å². The molecule has 0 aliphatic carbocycles. The van der Waals surface area contributed by atoms with Crippen LogP contribution in [0.1, 0.15) is 18.1 Å². The topological polar surface area (TPSA) is 105 Å². The van der Waals surface area contributed by atoms with Crippen LogP contribution in [0.2, 0.25) is 0 Å². The van der Waals surface area contributed by atoms with E-state index in [0.29, 0.717) is 5.75 Å². The SMILES string of the molecule is C/C=C/c1c([N+](=O)[O-])ccc2c1OC(COS(=O)(=O)c1ccc(C)cc1)CO2. The monoisotopic (exact) mass is 405 g/mol. The van der Waals surface area contributed by atoms with Crippen LogP contribution in [-0.4, -0.2) is 32.7 Å². The Labute approximate surface area is 162 Å². The lowest BCUT2D eigenvalue weighted by Gasteiger charge is -2.27. The zero-order valence-corrected chi connectivity index (χ0v) is 16.1. The first-order valence-corrected chi connectivity index (χ1v) is 9.92. The van der Waals surface area contributed by atoms with E-state index in [-0.39, 0.29) is 35.1 Å². The van der Waals surface area contributed by atoms with Crippen LogP contribution in [-0.2, 0) is 14.3 Å². The Hall–Kier alpha value is -2.91. The maximum absolute atomic E-state index is 12.3. The van der Waals surface area contributed by atoms with Gasteiger partial charge in [-0.2, -0.15) is 8.42 Å². The predicted molar refractivity (Wildman–Crippen MR) is 102 cm³/mol. The summed E-state index contributed by atoms with van der Waals surface area (Å²) in [5, 5.41) is 11.3. The van der Waals surface area contributed by atoms with E-state index >= 15 is 0 Å². The van der Waals surface area contributed by atoms with Crippen molar-refractivity contribution >= 4 is 21.9 Å². The molecule has 8 nitrogen and oxygen atoms in total. The van der Waals surface area contributed by atoms with Gasteiger partial charge in [0.25, 0.3) is 15.8 Å². The Bertz CT molecular complexity index is 1010. The van der Waals surface area contributed by atoms with Crippen LogP contribution in [0.3, 0.4) is 0 Å². The van der Waals surface area contributed by atoms with Gasteiger partial charge >= 0.3 is 0 Å². The lowest BCUT2D eigenvalue weighted by Crippen LogP contribution is -2.34. The highest BCUT2D eigenvalue weighted by molar-refractivity contribution is 7.86. The molecular weight excluding hydrogens is 386 g/mol. The number of nitrogens with zero attached hydrogens (tertiary/aromatic N) is 1. The van der Waals surface area contributed by atoms with Crippen molar-refractivity contribution in [3.05, 3.63) is 63.7 Å². The van der Waals surface area contributed by atoms with Crippen molar-refractivity contribution in [1.29, 1.82) is 0 Å². The van der Waals surface area contributed by atoms with Crippen LogP contribution in [0.4, 0.5) is 5.69 Å². The number of aryl methyl sites for hydroxylation is 1. The molecule has 2 aromatic carbocycles. The van der Waals surface area contributed by atoms with Gasteiger partial charge in [0, 0.05) is 6.07 Å². The quantitative estimate of drug-likeness (QED) is 0.411. The summed E-state index contributed by atoms with van der Waals surface area (Å²) < 4.78 is 41.1. The van der Waals surface area contributed by atoms with Gasteiger partial charge in [0.2, 0.25) is 0 Å². The zero-order chi connectivity index (χ0) is 20.3. The second kappa shape index (κ2) is 7.99. The lowest BCUT2D eigenvalue weighted by atomic mass is 10.1. The molecule has 0 aromatic heterocycles. The van der Waals surface area contributed by atoms with Gasteiger partial charge in [-0.1, -0.05) is 23.8 Å². The molecule has 0 saturated heterocycles. The van der Waals surface area contributed by atoms with E-state index < -0.39 is 21.1 Å². The fourth-order valence-corrected chi connectivity index (χ4v) is 3.63. The highest BCUT2D eigenvalue weighted by Gasteiger charge is 2.29. The number of nitro groups is 1. The molecule has 1 aliphatic heterocycles. The highest BCUT2D eigenvalue weighted by Crippen LogP contribution is 2.41. The molecule has 0 bridgehead atoms. The Balaban J connectivity index is 1.79. The number of hydrogen-bond donors (Lipinski definition) is 0. The number of benzene rings is 2. The summed E-state index contributed by atoms with van der Waals surface area (Å²) >= 11 is 0. The number of allylic oxidation sites excluding steroid dienone is 1. The minimum atomic E-state index is -3.95. The smallest absolute Gasteiger partial charge is 0.297 e. The first-order chi connectivity index (χ1) is 13.3. The fraction of sp³-hybridized carbons (Fsp3) is 0.263. The molecule has 148 valence electrons. The Morgan fingerprint density at radius 2 is 1.96 bits per heavy atom. The van der Waals surface area contributed by atoms with Gasteiger partial charge in [-0.25, -0.2) is 0 Å². The van der Waals surface area contributed by atoms with Gasteiger partial charge in [-0.05, 0) is 38.1 Å². The molecule has 9 heteroatoms. The number of fused-ring (bicyclic) bond motifs is 1. The largest absolute Gasteiger partial charge is 0.486 e. The van der Waals surface area contributed by atoms with Crippen LogP contribution in [0.15, 0.2) is 47.4 Å². The molecule has 0 saturated carbocycles. The average Bonchev–Trinajstić information content (AvgIpc) is 2.67. The zero-order valence-electron chi connectivity index (χ0n) is 15.3. The van der Waals surface area contributed by atoms with Crippen LogP contribution >= 0.6 is 0 Å². The molecule has 0 fully saturated rings. The minimum Gasteiger partial charge on any atom is -0.486 e. The average molecular weight is 405 g/mol. The normalized spacial score (nSPS) is 16.3. The summed E-state index contributed by atoms with van der Waals surface area (Å²) in [4.78, 5) is 10.8. The third kappa shape index (κ3) is 4.15. The molecule has 0 spiro atoms. The summed E-state index contributed by atoms with van der Waals surface area (Å²) in [6.07, 6.45) is 2.46. The van der Waals surface area contributed by atoms with Crippen LogP contribution in [0, 0.1) is 17.0 Å². The van der Waals surface area contributed by atoms with Gasteiger partial charge in [-0.3, -0.25) is 14.3 Å². The highest BCUT2D eigenvalue weighted by atomic mass is 32.2. The van der Waals surface area contributed by atoms with Gasteiger partial charge < -0.3 is 9.47 Å². The summed E-state index contributed by atoms with van der Waals surface area (Å²) in [7, 11) is -3.95. The van der Waals surface area contributed by atoms with Gasteiger partial charge in [0.15, 0.2) is 17.6 Å². The van der Waals surface area contributed by atoms with Crippen molar-refractivity contribution in [2.45, 2.75) is 24.8 Å². The van der Waals surface area contributed by atoms with Crippen molar-refractivity contribution < 1.29 is 27.0 Å². The van der Waals surface area contributed by atoms with E-state index in [1.54, 1.807) is 31.2 Å². The van der Waals surface area contributed by atoms with E-state index in [9.17, 15) is 18.5 Å². The molecule has 28 heavy (non-hydrogen) atoms. The van der Waals surface area contributed by atoms with Crippen molar-refractivity contribution in [2.24, 2.45) is 0 Å². The molecule has 0 N–H and O–H groups in total. The van der Waals surface area contributed by atoms with Crippen molar-refractivity contribution in [1.82, 2.24) is 0 Å². The summed E-state index contributed by atoms with van der Waals surface area (Å²) in [5.41, 5.74) is 1.06. The van der Waals surface area contributed by atoms with E-state index in [2.05, 4.69) is 0 Å². The van der Waals surface area contributed by atoms with E-state index in [0.717, 1.165) is 5.56 Å². The summed E-state index contributed by atoms with van der Waals surface area (Å²) in [5.74, 6) is 0.552. The number of hydrogen-bond acceptors (Lipinski definition) is 7. The Morgan fingerprint density at radius 3 is 2.61 bits per heavy atom. The molecule has 3 rings (SSSR count). The lowest BCUT2D eigenvalue weighted by molar-refractivity contribution is -0.385. The standard InChI is InChI=1S/C19H19NO7S/c1-3-4-16-17(20(21)22)9-10-18-19(16)27-14(11-25-18)12-26-28(23,24)15-7-5-13(2)6-8-15/h3-10,14H,11-12H2,1-2H3/b4-3+. The van der Waals surface area contributed by atoms with E-state index in [1.807, 2.05) is 6.92 Å². The van der Waals surface area contributed by atoms with Gasteiger partial charge in [-0.15, -0.1) is 0 Å². The Morgan fingerprint density at radius 1 is 1.25 bits per heavy atom. The molecule has 0 amide bonds. The first kappa shape index (κ1) is 19.8. The molecule has 1 unspecified atom stereocenters. The molecular formula is C19H19NO7S. The van der Waals surface area contributed by atoms with Crippen LogP contribution in [0.25, 0.3) is 6.08 Å². The number of ether oxygens (including phenoxy) is 2. The molecule has 1 heterocycles. The third-order valence-corrected chi connectivity index (χ3v) is 5.39. The van der Waals surface area contributed by atoms with Crippen LogP contribution in [0.5, 0.6) is 11.5 Å². The molecule has 1 atom stereocenters. The predicted octanol–water partition coefficient (Wildman–Crippen LogP) is 3.48. The molecule has 0 radical (unpaired) electrons. The minimum absolute atomic E-state index is 0.0421. The van der Waals surface area contributed by atoms with E-state index in [1.165, 1.54) is 24.3 Å². The maximum atomic E-state index is 12.3. The summed E-state index contributed by atoms with van der Waals surface area (Å²) in [6.45, 7) is 3.35. The first-order valence-electron chi connectivity index (χ1n) is 8.51. The summed E-state index contributed by atoms with van der Waals surface area (Å²) in [6, 6.07) is 9.08. The third-order valence-electron chi connectivity index (χ3n) is 4.09. The van der Waals surface area contributed by atoms with Crippen molar-refractivity contribution in [2.75, 3.05) is 13.2 Å². The maximum Gasteiger partial charge on any atom is 0.297 e. The fourth-order valence-electron chi connectivity index (χ4n) is 2.70. The Kier molecular flexibility index (Phi) is 5.66. The van der Waals surface area contributed by atoms with Crippen molar-refractivity contribution in [3.63, 3.8) is 0 Å². The molecule has 2 aromatic rings. The number of rotatable bonds is 6. The van der Waals surface area contributed by atoms with E-state index in [4.69, 9.17) is 13.7 Å².